The maximum absolute atomic E-state index is 13.3. The van der Waals surface area contributed by atoms with Crippen LogP contribution in [0.25, 0.3) is 6.08 Å². The zero-order valence-corrected chi connectivity index (χ0v) is 10.3. The van der Waals surface area contributed by atoms with E-state index in [0.717, 1.165) is 11.6 Å². The highest BCUT2D eigenvalue weighted by atomic mass is 79.9. The molecule has 0 bridgehead atoms. The molecule has 1 rings (SSSR count). The molecule has 0 aliphatic carbocycles. The van der Waals surface area contributed by atoms with Crippen LogP contribution in [0.4, 0.5) is 8.78 Å². The van der Waals surface area contributed by atoms with Crippen molar-refractivity contribution < 1.29 is 8.78 Å². The monoisotopic (exact) mass is 274 g/mol. The quantitative estimate of drug-likeness (QED) is 0.717. The molecule has 0 N–H and O–H groups in total. The fourth-order valence-corrected chi connectivity index (χ4v) is 1.99. The molecule has 0 saturated heterocycles. The largest absolute Gasteiger partial charge is 0.207 e. The van der Waals surface area contributed by atoms with Gasteiger partial charge in [-0.3, -0.25) is 0 Å². The molecule has 0 nitrogen and oxygen atoms in total. The molecule has 0 heterocycles. The summed E-state index contributed by atoms with van der Waals surface area (Å²) in [7, 11) is 0. The number of hydrogen-bond donors (Lipinski definition) is 0. The third-order valence-electron chi connectivity index (χ3n) is 2.20. The zero-order valence-electron chi connectivity index (χ0n) is 8.73. The van der Waals surface area contributed by atoms with Crippen LogP contribution in [-0.4, -0.2) is 5.33 Å². The fraction of sp³-hybridized carbons (Fsp3) is 0.333. The third-order valence-corrected chi connectivity index (χ3v) is 2.85. The molecule has 0 amide bonds. The van der Waals surface area contributed by atoms with Crippen LogP contribution in [0.15, 0.2) is 23.8 Å². The minimum Gasteiger partial charge on any atom is -0.207 e. The first-order valence-corrected chi connectivity index (χ1v) is 5.88. The Morgan fingerprint density at radius 2 is 2.07 bits per heavy atom. The molecule has 1 aromatic rings. The Balaban J connectivity index is 3.06. The molecule has 0 saturated carbocycles. The van der Waals surface area contributed by atoms with E-state index in [1.165, 1.54) is 12.1 Å². The molecule has 0 aliphatic rings. The number of hydrogen-bond acceptors (Lipinski definition) is 0. The molecule has 82 valence electrons. The Labute approximate surface area is 97.1 Å². The van der Waals surface area contributed by atoms with Gasteiger partial charge in [-0.25, -0.2) is 8.78 Å². The molecule has 0 unspecified atom stereocenters. The summed E-state index contributed by atoms with van der Waals surface area (Å²) in [4.78, 5) is 0. The fourth-order valence-electron chi connectivity index (χ4n) is 1.18. The summed E-state index contributed by atoms with van der Waals surface area (Å²) < 4.78 is 26.0. The lowest BCUT2D eigenvalue weighted by atomic mass is 10.0. The Hall–Kier alpha value is -0.700. The smallest absolute Gasteiger partial charge is 0.133 e. The number of benzene rings is 1. The van der Waals surface area contributed by atoms with Gasteiger partial charge in [0.05, 0.1) is 0 Å². The lowest BCUT2D eigenvalue weighted by Crippen LogP contribution is -1.96. The second-order valence-corrected chi connectivity index (χ2v) is 4.23. The highest BCUT2D eigenvalue weighted by molar-refractivity contribution is 9.09. The van der Waals surface area contributed by atoms with Crippen molar-refractivity contribution in [1.29, 1.82) is 0 Å². The Morgan fingerprint density at radius 3 is 2.53 bits per heavy atom. The molecule has 1 aromatic carbocycles. The number of rotatable bonds is 3. The van der Waals surface area contributed by atoms with E-state index in [1.807, 2.05) is 13.8 Å². The summed E-state index contributed by atoms with van der Waals surface area (Å²) in [6, 6.07) is 3.62. The molecule has 0 aromatic heterocycles. The zero-order chi connectivity index (χ0) is 11.4. The van der Waals surface area contributed by atoms with Crippen LogP contribution >= 0.6 is 15.9 Å². The summed E-state index contributed by atoms with van der Waals surface area (Å²) >= 11 is 3.35. The Kier molecular flexibility index (Phi) is 4.45. The van der Waals surface area contributed by atoms with Gasteiger partial charge in [0.2, 0.25) is 0 Å². The van der Waals surface area contributed by atoms with Crippen LogP contribution in [0.5, 0.6) is 0 Å². The molecular formula is C12H13BrF2. The molecule has 0 fully saturated rings. The summed E-state index contributed by atoms with van der Waals surface area (Å²) in [5.74, 6) is -0.725. The van der Waals surface area contributed by atoms with Crippen molar-refractivity contribution in [2.75, 3.05) is 5.33 Å². The maximum Gasteiger partial charge on any atom is 0.133 e. The predicted molar refractivity (Wildman–Crippen MR) is 63.0 cm³/mol. The van der Waals surface area contributed by atoms with E-state index in [9.17, 15) is 8.78 Å². The highest BCUT2D eigenvalue weighted by Gasteiger charge is 2.05. The SMILES string of the molecule is CC(C)/C(=C/c1ccc(F)cc1F)CBr. The maximum atomic E-state index is 13.3. The summed E-state index contributed by atoms with van der Waals surface area (Å²) in [5.41, 5.74) is 1.51. The molecular weight excluding hydrogens is 262 g/mol. The van der Waals surface area contributed by atoms with E-state index < -0.39 is 11.6 Å². The van der Waals surface area contributed by atoms with Gasteiger partial charge in [0.1, 0.15) is 11.6 Å². The van der Waals surface area contributed by atoms with Gasteiger partial charge in [-0.05, 0) is 18.1 Å². The summed E-state index contributed by atoms with van der Waals surface area (Å²) in [6.45, 7) is 4.07. The molecule has 0 radical (unpaired) electrons. The average molecular weight is 275 g/mol. The average Bonchev–Trinajstić information content (AvgIpc) is 2.16. The first-order valence-electron chi connectivity index (χ1n) is 4.76. The van der Waals surface area contributed by atoms with Crippen LogP contribution in [0.2, 0.25) is 0 Å². The molecule has 15 heavy (non-hydrogen) atoms. The van der Waals surface area contributed by atoms with Gasteiger partial charge in [0.25, 0.3) is 0 Å². The second-order valence-electron chi connectivity index (χ2n) is 3.67. The van der Waals surface area contributed by atoms with Crippen LogP contribution in [-0.2, 0) is 0 Å². The van der Waals surface area contributed by atoms with E-state index in [2.05, 4.69) is 15.9 Å². The minimum atomic E-state index is -0.547. The van der Waals surface area contributed by atoms with Gasteiger partial charge in [0.15, 0.2) is 0 Å². The third kappa shape index (κ3) is 3.42. The topological polar surface area (TPSA) is 0 Å². The summed E-state index contributed by atoms with van der Waals surface area (Å²) in [6.07, 6.45) is 1.76. The van der Waals surface area contributed by atoms with Crippen molar-refractivity contribution in [3.8, 4) is 0 Å². The lowest BCUT2D eigenvalue weighted by molar-refractivity contribution is 0.581. The van der Waals surface area contributed by atoms with E-state index >= 15 is 0 Å². The van der Waals surface area contributed by atoms with Gasteiger partial charge in [0, 0.05) is 17.0 Å². The van der Waals surface area contributed by atoms with Crippen molar-refractivity contribution >= 4 is 22.0 Å². The van der Waals surface area contributed by atoms with E-state index in [0.29, 0.717) is 16.8 Å². The minimum absolute atomic E-state index is 0.342. The standard InChI is InChI=1S/C12H13BrF2/c1-8(2)10(7-13)5-9-3-4-11(14)6-12(9)15/h3-6,8H,7H2,1-2H3/b10-5+. The Morgan fingerprint density at radius 1 is 1.40 bits per heavy atom. The molecule has 0 aliphatic heterocycles. The lowest BCUT2D eigenvalue weighted by Gasteiger charge is -2.08. The van der Waals surface area contributed by atoms with Gasteiger partial charge >= 0.3 is 0 Å². The highest BCUT2D eigenvalue weighted by Crippen LogP contribution is 2.19. The van der Waals surface area contributed by atoms with Crippen LogP contribution in [0.1, 0.15) is 19.4 Å². The van der Waals surface area contributed by atoms with Crippen molar-refractivity contribution in [2.24, 2.45) is 5.92 Å². The molecule has 0 spiro atoms. The van der Waals surface area contributed by atoms with Gasteiger partial charge in [-0.1, -0.05) is 41.4 Å². The van der Waals surface area contributed by atoms with Crippen LogP contribution < -0.4 is 0 Å². The van der Waals surface area contributed by atoms with Crippen molar-refractivity contribution in [1.82, 2.24) is 0 Å². The number of allylic oxidation sites excluding steroid dienone is 1. The number of halogens is 3. The van der Waals surface area contributed by atoms with E-state index in [-0.39, 0.29) is 0 Å². The first-order chi connectivity index (χ1) is 7.04. The van der Waals surface area contributed by atoms with Crippen LogP contribution in [0.3, 0.4) is 0 Å². The molecule has 3 heteroatoms. The van der Waals surface area contributed by atoms with E-state index in [1.54, 1.807) is 6.08 Å². The van der Waals surface area contributed by atoms with Crippen molar-refractivity contribution in [2.45, 2.75) is 13.8 Å². The summed E-state index contributed by atoms with van der Waals surface area (Å²) in [5, 5.41) is 0.696. The van der Waals surface area contributed by atoms with Gasteiger partial charge in [-0.2, -0.15) is 0 Å². The first kappa shape index (κ1) is 12.4. The van der Waals surface area contributed by atoms with Crippen molar-refractivity contribution in [3.05, 3.63) is 41.0 Å². The molecule has 0 atom stereocenters. The van der Waals surface area contributed by atoms with Crippen molar-refractivity contribution in [3.63, 3.8) is 0 Å². The second kappa shape index (κ2) is 5.40. The van der Waals surface area contributed by atoms with Crippen LogP contribution in [0, 0.1) is 17.6 Å². The van der Waals surface area contributed by atoms with Gasteiger partial charge in [-0.15, -0.1) is 0 Å². The van der Waals surface area contributed by atoms with E-state index in [4.69, 9.17) is 0 Å². The number of alkyl halides is 1. The Bertz CT molecular complexity index is 370. The predicted octanol–water partition coefficient (Wildman–Crippen LogP) is 4.40. The normalized spacial score (nSPS) is 12.3. The van der Waals surface area contributed by atoms with Gasteiger partial charge < -0.3 is 0 Å².